The maximum atomic E-state index is 12.4. The van der Waals surface area contributed by atoms with Crippen molar-refractivity contribution < 1.29 is 19.1 Å². The molecule has 0 aromatic rings. The third kappa shape index (κ3) is 2.74. The fourth-order valence-electron chi connectivity index (χ4n) is 7.64. The lowest BCUT2D eigenvalue weighted by atomic mass is 9.46. The molecule has 4 heteroatoms. The Hall–Kier alpha value is -1.45. The summed E-state index contributed by atoms with van der Waals surface area (Å²) >= 11 is 0. The molecule has 3 saturated carbocycles. The third-order valence-electron chi connectivity index (χ3n) is 8.68. The summed E-state index contributed by atoms with van der Waals surface area (Å²) in [6.07, 6.45) is 8.02. The first kappa shape index (κ1) is 18.9. The van der Waals surface area contributed by atoms with Crippen LogP contribution in [-0.4, -0.2) is 23.6 Å². The Labute approximate surface area is 162 Å². The first-order valence-corrected chi connectivity index (χ1v) is 10.6. The van der Waals surface area contributed by atoms with Crippen LogP contribution in [0.1, 0.15) is 72.6 Å². The molecule has 0 radical (unpaired) electrons. The fraction of sp³-hybridized carbons (Fsp3) is 0.783. The van der Waals surface area contributed by atoms with Crippen LogP contribution in [-0.2, 0) is 19.1 Å². The third-order valence-corrected chi connectivity index (χ3v) is 8.68. The van der Waals surface area contributed by atoms with E-state index >= 15 is 0 Å². The number of Topliss-reactive ketones (excluding diaryl/α,β-unsaturated/α-hetero) is 1. The highest BCUT2D eigenvalue weighted by atomic mass is 16.5. The van der Waals surface area contributed by atoms with Gasteiger partial charge in [-0.3, -0.25) is 14.4 Å². The number of carbonyl (C=O) groups excluding carboxylic acids is 3. The van der Waals surface area contributed by atoms with Crippen LogP contribution in [0.25, 0.3) is 0 Å². The van der Waals surface area contributed by atoms with Crippen LogP contribution < -0.4 is 0 Å². The van der Waals surface area contributed by atoms with Gasteiger partial charge >= 0.3 is 5.97 Å². The van der Waals surface area contributed by atoms with Gasteiger partial charge in [0.25, 0.3) is 0 Å². The van der Waals surface area contributed by atoms with Crippen molar-refractivity contribution in [3.8, 4) is 0 Å². The van der Waals surface area contributed by atoms with Gasteiger partial charge in [-0.1, -0.05) is 19.4 Å². The summed E-state index contributed by atoms with van der Waals surface area (Å²) in [5.41, 5.74) is 1.13. The number of ketones is 2. The molecule has 0 unspecified atom stereocenters. The second-order valence-electron chi connectivity index (χ2n) is 9.99. The molecule has 4 rings (SSSR count). The molecule has 0 spiro atoms. The zero-order chi connectivity index (χ0) is 19.6. The smallest absolute Gasteiger partial charge is 0.302 e. The lowest BCUT2D eigenvalue weighted by Crippen LogP contribution is -2.57. The van der Waals surface area contributed by atoms with Gasteiger partial charge in [-0.05, 0) is 74.2 Å². The van der Waals surface area contributed by atoms with E-state index in [0.29, 0.717) is 18.3 Å². The SMILES string of the molecule is CC(=O)O[C@@H]1C[C@]2(C)[C@@H](C(C)=O)CC[C@H]2[C@H]2CCC3=CC(=O)CC[C@]3(C)[C@H]21. The van der Waals surface area contributed by atoms with E-state index in [1.807, 2.05) is 6.08 Å². The number of rotatable bonds is 2. The van der Waals surface area contributed by atoms with E-state index in [1.165, 1.54) is 12.5 Å². The van der Waals surface area contributed by atoms with E-state index < -0.39 is 0 Å². The molecule has 148 valence electrons. The maximum Gasteiger partial charge on any atom is 0.302 e. The van der Waals surface area contributed by atoms with Gasteiger partial charge in [0.2, 0.25) is 0 Å². The van der Waals surface area contributed by atoms with Gasteiger partial charge in [-0.25, -0.2) is 0 Å². The molecule has 0 bridgehead atoms. The monoisotopic (exact) mass is 372 g/mol. The Morgan fingerprint density at radius 3 is 2.52 bits per heavy atom. The Bertz CT molecular complexity index is 722. The lowest BCUT2D eigenvalue weighted by Gasteiger charge is -2.60. The number of allylic oxidation sites excluding steroid dienone is 1. The molecule has 0 aliphatic heterocycles. The van der Waals surface area contributed by atoms with Gasteiger partial charge in [0.15, 0.2) is 5.78 Å². The van der Waals surface area contributed by atoms with Crippen molar-refractivity contribution in [2.75, 3.05) is 0 Å². The van der Waals surface area contributed by atoms with Gasteiger partial charge in [0.1, 0.15) is 11.9 Å². The van der Waals surface area contributed by atoms with Crippen LogP contribution in [0.15, 0.2) is 11.6 Å². The minimum absolute atomic E-state index is 0.0629. The number of carbonyl (C=O) groups is 3. The van der Waals surface area contributed by atoms with E-state index in [-0.39, 0.29) is 46.3 Å². The largest absolute Gasteiger partial charge is 0.462 e. The van der Waals surface area contributed by atoms with Crippen LogP contribution in [0.4, 0.5) is 0 Å². The van der Waals surface area contributed by atoms with Crippen molar-refractivity contribution in [1.82, 2.24) is 0 Å². The van der Waals surface area contributed by atoms with Gasteiger partial charge in [-0.15, -0.1) is 0 Å². The van der Waals surface area contributed by atoms with Crippen LogP contribution >= 0.6 is 0 Å². The van der Waals surface area contributed by atoms with Crippen molar-refractivity contribution in [3.05, 3.63) is 11.6 Å². The Morgan fingerprint density at radius 1 is 1.11 bits per heavy atom. The normalized spacial score (nSPS) is 46.0. The first-order valence-electron chi connectivity index (χ1n) is 10.6. The summed E-state index contributed by atoms with van der Waals surface area (Å²) in [5, 5.41) is 0. The maximum absolute atomic E-state index is 12.4. The number of hydrogen-bond acceptors (Lipinski definition) is 4. The number of hydrogen-bond donors (Lipinski definition) is 0. The van der Waals surface area contributed by atoms with Crippen molar-refractivity contribution in [2.45, 2.75) is 78.7 Å². The quantitative estimate of drug-likeness (QED) is 0.679. The zero-order valence-electron chi connectivity index (χ0n) is 17.0. The number of esters is 1. The van der Waals surface area contributed by atoms with Crippen molar-refractivity contribution in [2.24, 2.45) is 34.5 Å². The molecular weight excluding hydrogens is 340 g/mol. The predicted molar refractivity (Wildman–Crippen MR) is 102 cm³/mol. The lowest BCUT2D eigenvalue weighted by molar-refractivity contribution is -0.176. The van der Waals surface area contributed by atoms with Crippen molar-refractivity contribution in [1.29, 1.82) is 0 Å². The topological polar surface area (TPSA) is 60.4 Å². The summed E-state index contributed by atoms with van der Waals surface area (Å²) in [7, 11) is 0. The minimum atomic E-state index is -0.232. The Morgan fingerprint density at radius 2 is 1.85 bits per heavy atom. The van der Waals surface area contributed by atoms with Gasteiger partial charge in [0.05, 0.1) is 0 Å². The summed E-state index contributed by atoms with van der Waals surface area (Å²) in [5.74, 6) is 1.61. The second-order valence-corrected chi connectivity index (χ2v) is 9.99. The standard InChI is InChI=1S/C23H32O4/c1-13(24)18-7-8-19-17-6-5-15-11-16(26)9-10-22(15,3)21(17)20(27-14(2)25)12-23(18,19)4/h11,17-21H,5-10,12H2,1-4H3/t17-,18-,19+,20-,21-,22+,23-/m1/s1. The van der Waals surface area contributed by atoms with Crippen LogP contribution in [0.3, 0.4) is 0 Å². The highest BCUT2D eigenvalue weighted by Gasteiger charge is 2.63. The Kier molecular flexibility index (Phi) is 4.40. The first-order chi connectivity index (χ1) is 12.7. The van der Waals surface area contributed by atoms with Crippen LogP contribution in [0.5, 0.6) is 0 Å². The molecule has 0 amide bonds. The molecule has 0 aromatic carbocycles. The van der Waals surface area contributed by atoms with Crippen molar-refractivity contribution >= 4 is 17.5 Å². The van der Waals surface area contributed by atoms with Crippen LogP contribution in [0, 0.1) is 34.5 Å². The summed E-state index contributed by atoms with van der Waals surface area (Å²) < 4.78 is 5.94. The molecule has 4 nitrogen and oxygen atoms in total. The molecule has 0 heterocycles. The highest BCUT2D eigenvalue weighted by Crippen LogP contribution is 2.67. The molecule has 27 heavy (non-hydrogen) atoms. The molecule has 0 N–H and O–H groups in total. The van der Waals surface area contributed by atoms with E-state index in [4.69, 9.17) is 4.74 Å². The number of fused-ring (bicyclic) bond motifs is 5. The molecule has 4 aliphatic rings. The summed E-state index contributed by atoms with van der Waals surface area (Å²) in [4.78, 5) is 36.4. The van der Waals surface area contributed by atoms with E-state index in [1.54, 1.807) is 6.92 Å². The molecule has 4 aliphatic carbocycles. The number of ether oxygens (including phenoxy) is 1. The molecular formula is C23H32O4. The molecule has 3 fully saturated rings. The highest BCUT2D eigenvalue weighted by molar-refractivity contribution is 5.91. The second kappa shape index (κ2) is 6.28. The van der Waals surface area contributed by atoms with Crippen molar-refractivity contribution in [3.63, 3.8) is 0 Å². The van der Waals surface area contributed by atoms with E-state index in [9.17, 15) is 14.4 Å². The average Bonchev–Trinajstić information content (AvgIpc) is 2.91. The van der Waals surface area contributed by atoms with Gasteiger partial charge < -0.3 is 4.74 Å². The summed E-state index contributed by atoms with van der Waals surface area (Å²) in [6, 6.07) is 0. The van der Waals surface area contributed by atoms with E-state index in [2.05, 4.69) is 13.8 Å². The fourth-order valence-corrected chi connectivity index (χ4v) is 7.64. The predicted octanol–water partition coefficient (Wildman–Crippen LogP) is 4.27. The molecule has 0 saturated heterocycles. The molecule has 0 aromatic heterocycles. The average molecular weight is 373 g/mol. The minimum Gasteiger partial charge on any atom is -0.462 e. The summed E-state index contributed by atoms with van der Waals surface area (Å²) in [6.45, 7) is 7.77. The molecule has 7 atom stereocenters. The van der Waals surface area contributed by atoms with E-state index in [0.717, 1.165) is 38.5 Å². The zero-order valence-corrected chi connectivity index (χ0v) is 17.0. The Balaban J connectivity index is 1.77. The van der Waals surface area contributed by atoms with Gasteiger partial charge in [0, 0.05) is 25.2 Å². The van der Waals surface area contributed by atoms with Crippen LogP contribution in [0.2, 0.25) is 0 Å². The van der Waals surface area contributed by atoms with Gasteiger partial charge in [-0.2, -0.15) is 0 Å².